The fourth-order valence-corrected chi connectivity index (χ4v) is 0. The van der Waals surface area contributed by atoms with E-state index in [1.807, 2.05) is 0 Å². The maximum Gasteiger partial charge on any atom is 0 e. The van der Waals surface area contributed by atoms with Gasteiger partial charge < -0.3 is 6.92 Å². The molecule has 0 aliphatic carbocycles. The van der Waals surface area contributed by atoms with Gasteiger partial charge in [0.15, 0.2) is 0 Å². The first-order valence-electron chi connectivity index (χ1n) is 2.04. The molecule has 0 aromatic rings. The second-order valence-corrected chi connectivity index (χ2v) is 0.854. The van der Waals surface area contributed by atoms with Crippen molar-refractivity contribution in [2.75, 3.05) is 0 Å². The minimum Gasteiger partial charge on any atom is -0.343 e. The van der Waals surface area contributed by atoms with Gasteiger partial charge in [0, 0.05) is 21.1 Å². The summed E-state index contributed by atoms with van der Waals surface area (Å²) in [5, 5.41) is 0. The first-order chi connectivity index (χ1) is 2.91. The van der Waals surface area contributed by atoms with E-state index < -0.39 is 0 Å². The van der Waals surface area contributed by atoms with Crippen molar-refractivity contribution in [3.63, 3.8) is 0 Å². The van der Waals surface area contributed by atoms with Crippen LogP contribution in [0.1, 0.15) is 19.8 Å². The van der Waals surface area contributed by atoms with E-state index in [-0.39, 0.29) is 21.1 Å². The van der Waals surface area contributed by atoms with Crippen LogP contribution in [-0.2, 0) is 21.1 Å². The summed E-state index contributed by atoms with van der Waals surface area (Å²) in [7, 11) is 4.67. The van der Waals surface area contributed by atoms with Gasteiger partial charge in [-0.25, -0.2) is 0 Å². The summed E-state index contributed by atoms with van der Waals surface area (Å²) in [6.45, 7) is 5.72. The van der Waals surface area contributed by atoms with E-state index in [0.717, 1.165) is 6.42 Å². The van der Waals surface area contributed by atoms with Crippen LogP contribution in [-0.4, -0.2) is 0 Å². The van der Waals surface area contributed by atoms with Gasteiger partial charge in [0.25, 0.3) is 0 Å². The molecule has 0 aliphatic heterocycles. The van der Waals surface area contributed by atoms with Crippen LogP contribution < -0.4 is 0 Å². The first kappa shape index (κ1) is 15.8. The van der Waals surface area contributed by atoms with Crippen molar-refractivity contribution < 1.29 is 21.1 Å². The SMILES string of the molecule is PP.[CH2-]CCC.[Pt]. The van der Waals surface area contributed by atoms with Crippen LogP contribution in [0.15, 0.2) is 0 Å². The van der Waals surface area contributed by atoms with Gasteiger partial charge in [0.2, 0.25) is 0 Å². The van der Waals surface area contributed by atoms with Crippen molar-refractivity contribution in [3.05, 3.63) is 6.92 Å². The van der Waals surface area contributed by atoms with Crippen molar-refractivity contribution >= 4 is 17.9 Å². The number of unbranched alkanes of at least 4 members (excludes halogenated alkanes) is 1. The number of hydrogen-bond donors (Lipinski definition) is 0. The number of rotatable bonds is 1. The van der Waals surface area contributed by atoms with E-state index in [1.165, 1.54) is 6.42 Å². The molecule has 0 bridgehead atoms. The second kappa shape index (κ2) is 25.7. The third kappa shape index (κ3) is 35.8. The summed E-state index contributed by atoms with van der Waals surface area (Å²) in [5.74, 6) is 0. The fraction of sp³-hybridized carbons (Fsp3) is 0.750. The average molecular weight is 318 g/mol. The van der Waals surface area contributed by atoms with Crippen LogP contribution in [0.2, 0.25) is 0 Å². The molecule has 2 unspecified atom stereocenters. The first-order valence-corrected chi connectivity index (χ1v) is 4.71. The Kier molecular flexibility index (Phi) is 58.1. The van der Waals surface area contributed by atoms with E-state index in [0.29, 0.717) is 0 Å². The van der Waals surface area contributed by atoms with Crippen LogP contribution in [0, 0.1) is 6.92 Å². The molecule has 2 atom stereocenters. The summed E-state index contributed by atoms with van der Waals surface area (Å²) in [4.78, 5) is 0. The van der Waals surface area contributed by atoms with Crippen molar-refractivity contribution in [1.82, 2.24) is 0 Å². The quantitative estimate of drug-likeness (QED) is 0.514. The molecule has 0 nitrogen and oxygen atoms in total. The van der Waals surface area contributed by atoms with Gasteiger partial charge in [-0.3, -0.25) is 0 Å². The van der Waals surface area contributed by atoms with E-state index in [2.05, 4.69) is 31.7 Å². The molecular formula is C4H13P2Pt-. The molecule has 0 fully saturated rings. The standard InChI is InChI=1S/C4H9.H4P2.Pt/c1-3-4-2;1-2;/h1,3-4H2,2H3;1-2H2;/q-1;;. The summed E-state index contributed by atoms with van der Waals surface area (Å²) in [6, 6.07) is 0. The van der Waals surface area contributed by atoms with Gasteiger partial charge in [-0.2, -0.15) is 6.42 Å². The summed E-state index contributed by atoms with van der Waals surface area (Å²) >= 11 is 0. The Balaban J connectivity index is -0.0000000480. The minimum atomic E-state index is 0. The molecule has 0 spiro atoms. The smallest absolute Gasteiger partial charge is 0 e. The molecule has 3 heteroatoms. The molecule has 0 aliphatic rings. The zero-order chi connectivity index (χ0) is 5.41. The third-order valence-electron chi connectivity index (χ3n) is 0.354. The fourth-order valence-electron chi connectivity index (χ4n) is 0. The Morgan fingerprint density at radius 1 is 1.43 bits per heavy atom. The third-order valence-corrected chi connectivity index (χ3v) is 0.354. The molecule has 0 radical (unpaired) electrons. The Hall–Kier alpha value is 1.55. The summed E-state index contributed by atoms with van der Waals surface area (Å²) < 4.78 is 0. The van der Waals surface area contributed by atoms with Gasteiger partial charge in [-0.15, -0.1) is 17.9 Å². The predicted molar refractivity (Wildman–Crippen MR) is 39.7 cm³/mol. The van der Waals surface area contributed by atoms with Crippen LogP contribution in [0.3, 0.4) is 0 Å². The van der Waals surface area contributed by atoms with Crippen molar-refractivity contribution in [3.8, 4) is 0 Å². The largest absolute Gasteiger partial charge is 0.343 e. The molecule has 0 N–H and O–H groups in total. The Morgan fingerprint density at radius 2 is 1.57 bits per heavy atom. The molecule has 0 aromatic heterocycles. The summed E-state index contributed by atoms with van der Waals surface area (Å²) in [6.07, 6.45) is 2.28. The monoisotopic (exact) mass is 318 g/mol. The van der Waals surface area contributed by atoms with Gasteiger partial charge in [0.1, 0.15) is 0 Å². The summed E-state index contributed by atoms with van der Waals surface area (Å²) in [5.41, 5.74) is 0. The average Bonchev–Trinajstić information content (AvgIpc) is 1.72. The molecule has 0 aromatic carbocycles. The molecule has 0 saturated carbocycles. The maximum atomic E-state index is 3.60. The normalized spacial score (nSPS) is 5.14. The maximum absolute atomic E-state index is 3.60. The molecule has 0 rings (SSSR count). The Morgan fingerprint density at radius 3 is 1.57 bits per heavy atom. The Labute approximate surface area is 65.8 Å². The van der Waals surface area contributed by atoms with E-state index in [9.17, 15) is 0 Å². The second-order valence-electron chi connectivity index (χ2n) is 0.854. The van der Waals surface area contributed by atoms with Crippen molar-refractivity contribution in [2.45, 2.75) is 19.8 Å². The van der Waals surface area contributed by atoms with Gasteiger partial charge in [0.05, 0.1) is 0 Å². The molecule has 50 valence electrons. The predicted octanol–water partition coefficient (Wildman–Crippen LogP) is 2.27. The molecule has 0 amide bonds. The van der Waals surface area contributed by atoms with Crippen molar-refractivity contribution in [2.24, 2.45) is 0 Å². The van der Waals surface area contributed by atoms with Crippen molar-refractivity contribution in [1.29, 1.82) is 0 Å². The molecular weight excluding hydrogens is 305 g/mol. The van der Waals surface area contributed by atoms with Crippen LogP contribution in [0.25, 0.3) is 0 Å². The zero-order valence-corrected chi connectivity index (χ0v) is 9.17. The van der Waals surface area contributed by atoms with Gasteiger partial charge in [-0.05, 0) is 0 Å². The van der Waals surface area contributed by atoms with E-state index in [1.54, 1.807) is 0 Å². The van der Waals surface area contributed by atoms with Crippen LogP contribution in [0.4, 0.5) is 0 Å². The zero-order valence-electron chi connectivity index (χ0n) is 4.59. The van der Waals surface area contributed by atoms with E-state index in [4.69, 9.17) is 0 Å². The Bertz CT molecular complexity index is 11.7. The number of hydrogen-bond acceptors (Lipinski definition) is 0. The molecule has 0 heterocycles. The molecule has 0 saturated heterocycles. The van der Waals surface area contributed by atoms with Gasteiger partial charge >= 0.3 is 0 Å². The van der Waals surface area contributed by atoms with Gasteiger partial charge in [-0.1, -0.05) is 13.3 Å². The minimum absolute atomic E-state index is 0. The molecule has 7 heavy (non-hydrogen) atoms. The van der Waals surface area contributed by atoms with E-state index >= 15 is 0 Å². The van der Waals surface area contributed by atoms with Crippen LogP contribution >= 0.6 is 17.9 Å². The topological polar surface area (TPSA) is 0 Å². The van der Waals surface area contributed by atoms with Crippen LogP contribution in [0.5, 0.6) is 0 Å².